The van der Waals surface area contributed by atoms with Gasteiger partial charge in [0, 0.05) is 41.4 Å². The van der Waals surface area contributed by atoms with Gasteiger partial charge >= 0.3 is 5.97 Å². The molecular weight excluding hydrogens is 464 g/mol. The van der Waals surface area contributed by atoms with Gasteiger partial charge in [0.25, 0.3) is 5.69 Å². The molecule has 2 aromatic carbocycles. The van der Waals surface area contributed by atoms with E-state index in [1.54, 1.807) is 33.3 Å². The zero-order chi connectivity index (χ0) is 26.0. The molecule has 2 aliphatic rings. The van der Waals surface area contributed by atoms with E-state index in [1.807, 2.05) is 18.2 Å². The van der Waals surface area contributed by atoms with E-state index >= 15 is 0 Å². The number of carbonyl (C=O) groups excluding carboxylic acids is 2. The normalized spacial score (nSPS) is 21.4. The van der Waals surface area contributed by atoms with E-state index in [0.717, 1.165) is 5.56 Å². The van der Waals surface area contributed by atoms with Crippen molar-refractivity contribution in [3.05, 3.63) is 87.3 Å². The van der Waals surface area contributed by atoms with Crippen molar-refractivity contribution in [2.75, 3.05) is 20.8 Å². The van der Waals surface area contributed by atoms with Gasteiger partial charge in [-0.05, 0) is 42.5 Å². The number of nitro groups is 1. The molecule has 9 nitrogen and oxygen atoms in total. The number of carbonyl (C=O) groups is 2. The SMILES string of the molecule is C=C1NC2=C(C(=O)CC(c3ccc(OC)c(OC)c3)C2)C(c2ccc([N+](=O)[O-])cc2)C1C(=O)OCC. The van der Waals surface area contributed by atoms with Gasteiger partial charge in [-0.2, -0.15) is 0 Å². The molecule has 0 saturated carbocycles. The molecule has 0 saturated heterocycles. The lowest BCUT2D eigenvalue weighted by Gasteiger charge is -2.40. The molecule has 0 amide bonds. The standard InChI is InChI=1S/C27H28N2O7/c1-5-36-27(31)24-15(2)28-20-12-18(17-8-11-22(34-3)23(14-17)35-4)13-21(30)26(20)25(24)16-6-9-19(10-7-16)29(32)33/h6-11,14,18,24-25,28H,2,5,12-13H2,1,3-4H3. The van der Waals surface area contributed by atoms with E-state index in [-0.39, 0.29) is 30.4 Å². The van der Waals surface area contributed by atoms with Crippen molar-refractivity contribution in [2.45, 2.75) is 31.6 Å². The summed E-state index contributed by atoms with van der Waals surface area (Å²) < 4.78 is 16.1. The first-order valence-corrected chi connectivity index (χ1v) is 11.6. The molecule has 0 spiro atoms. The Hall–Kier alpha value is -4.14. The van der Waals surface area contributed by atoms with Gasteiger partial charge in [-0.3, -0.25) is 19.7 Å². The van der Waals surface area contributed by atoms with Gasteiger partial charge in [-0.15, -0.1) is 0 Å². The number of nitrogens with one attached hydrogen (secondary N) is 1. The number of nitrogens with zero attached hydrogens (tertiary/aromatic N) is 1. The molecule has 0 fully saturated rings. The second kappa shape index (κ2) is 10.2. The second-order valence-corrected chi connectivity index (χ2v) is 8.74. The maximum absolute atomic E-state index is 13.6. The van der Waals surface area contributed by atoms with Gasteiger partial charge < -0.3 is 19.5 Å². The lowest BCUT2D eigenvalue weighted by molar-refractivity contribution is -0.384. The monoisotopic (exact) mass is 492 g/mol. The number of rotatable bonds is 7. The summed E-state index contributed by atoms with van der Waals surface area (Å²) in [6, 6.07) is 11.5. The number of ketones is 1. The second-order valence-electron chi connectivity index (χ2n) is 8.74. The zero-order valence-corrected chi connectivity index (χ0v) is 20.4. The van der Waals surface area contributed by atoms with E-state index < -0.39 is 22.7 Å². The topological polar surface area (TPSA) is 117 Å². The maximum Gasteiger partial charge on any atom is 0.315 e. The van der Waals surface area contributed by atoms with E-state index in [9.17, 15) is 19.7 Å². The number of non-ortho nitro benzene ring substituents is 1. The first kappa shape index (κ1) is 25.0. The number of esters is 1. The van der Waals surface area contributed by atoms with Crippen LogP contribution in [0.4, 0.5) is 5.69 Å². The summed E-state index contributed by atoms with van der Waals surface area (Å²) >= 11 is 0. The highest BCUT2D eigenvalue weighted by Gasteiger charge is 2.45. The van der Waals surface area contributed by atoms with Crippen LogP contribution in [0.2, 0.25) is 0 Å². The largest absolute Gasteiger partial charge is 0.493 e. The van der Waals surface area contributed by atoms with Gasteiger partial charge in [0.15, 0.2) is 17.3 Å². The van der Waals surface area contributed by atoms with Gasteiger partial charge in [0.05, 0.1) is 25.7 Å². The van der Waals surface area contributed by atoms with Crippen molar-refractivity contribution in [3.63, 3.8) is 0 Å². The van der Waals surface area contributed by atoms with E-state index in [2.05, 4.69) is 11.9 Å². The van der Waals surface area contributed by atoms with Crippen LogP contribution in [0.5, 0.6) is 11.5 Å². The van der Waals surface area contributed by atoms with E-state index in [1.165, 1.54) is 12.1 Å². The van der Waals surface area contributed by atoms with Gasteiger partial charge in [0.2, 0.25) is 0 Å². The third-order valence-electron chi connectivity index (χ3n) is 6.72. The van der Waals surface area contributed by atoms with E-state index in [0.29, 0.717) is 40.5 Å². The van der Waals surface area contributed by atoms with Crippen LogP contribution >= 0.6 is 0 Å². The minimum atomic E-state index is -0.841. The molecule has 1 N–H and O–H groups in total. The molecule has 188 valence electrons. The molecule has 0 aromatic heterocycles. The third-order valence-corrected chi connectivity index (χ3v) is 6.72. The number of Topliss-reactive ketones (excluding diaryl/α,β-unsaturated/α-hetero) is 1. The summed E-state index contributed by atoms with van der Waals surface area (Å²) in [6.07, 6.45) is 0.760. The number of allylic oxidation sites excluding steroid dienone is 2. The number of nitro benzene ring substituents is 1. The highest BCUT2D eigenvalue weighted by atomic mass is 16.6. The van der Waals surface area contributed by atoms with E-state index in [4.69, 9.17) is 14.2 Å². The van der Waals surface area contributed by atoms with Crippen LogP contribution in [0.15, 0.2) is 66.0 Å². The van der Waals surface area contributed by atoms with Crippen molar-refractivity contribution in [1.82, 2.24) is 5.32 Å². The zero-order valence-electron chi connectivity index (χ0n) is 20.4. The predicted molar refractivity (Wildman–Crippen MR) is 132 cm³/mol. The molecule has 1 heterocycles. The lowest BCUT2D eigenvalue weighted by Crippen LogP contribution is -2.42. The van der Waals surface area contributed by atoms with Crippen LogP contribution in [0.1, 0.15) is 42.7 Å². The van der Waals surface area contributed by atoms with Crippen LogP contribution < -0.4 is 14.8 Å². The van der Waals surface area contributed by atoms with Crippen molar-refractivity contribution in [3.8, 4) is 11.5 Å². The smallest absolute Gasteiger partial charge is 0.315 e. The van der Waals surface area contributed by atoms with Crippen molar-refractivity contribution in [1.29, 1.82) is 0 Å². The Kier molecular flexibility index (Phi) is 7.10. The van der Waals surface area contributed by atoms with Crippen LogP contribution in [-0.4, -0.2) is 37.5 Å². The minimum absolute atomic E-state index is 0.0723. The molecule has 3 unspecified atom stereocenters. The minimum Gasteiger partial charge on any atom is -0.493 e. The molecular formula is C27H28N2O7. The summed E-state index contributed by atoms with van der Waals surface area (Å²) in [6.45, 7) is 5.97. The molecule has 4 rings (SSSR count). The molecule has 3 atom stereocenters. The molecule has 9 heteroatoms. The number of benzene rings is 2. The van der Waals surface area contributed by atoms with Gasteiger partial charge in [-0.25, -0.2) is 0 Å². The fraction of sp³-hybridized carbons (Fsp3) is 0.333. The quantitative estimate of drug-likeness (QED) is 0.344. The third kappa shape index (κ3) is 4.56. The van der Waals surface area contributed by atoms with Crippen molar-refractivity contribution < 1.29 is 28.7 Å². The summed E-state index contributed by atoms with van der Waals surface area (Å²) in [5.41, 5.74) is 3.09. The number of methoxy groups -OCH3 is 2. The predicted octanol–water partition coefficient (Wildman–Crippen LogP) is 4.39. The Labute approximate surface area is 208 Å². The molecule has 0 bridgehead atoms. The summed E-state index contributed by atoms with van der Waals surface area (Å²) in [5, 5.41) is 14.4. The molecule has 1 aliphatic carbocycles. The fourth-order valence-corrected chi connectivity index (χ4v) is 5.06. The highest BCUT2D eigenvalue weighted by Crippen LogP contribution is 2.48. The first-order chi connectivity index (χ1) is 17.3. The van der Waals surface area contributed by atoms with Crippen LogP contribution in [0, 0.1) is 16.0 Å². The Morgan fingerprint density at radius 3 is 2.36 bits per heavy atom. The Morgan fingerprint density at radius 1 is 1.08 bits per heavy atom. The number of hydrogen-bond donors (Lipinski definition) is 1. The van der Waals surface area contributed by atoms with Crippen LogP contribution in [0.3, 0.4) is 0 Å². The average Bonchev–Trinajstić information content (AvgIpc) is 2.87. The lowest BCUT2D eigenvalue weighted by atomic mass is 9.69. The first-order valence-electron chi connectivity index (χ1n) is 11.6. The average molecular weight is 493 g/mol. The van der Waals surface area contributed by atoms with Crippen molar-refractivity contribution >= 4 is 17.4 Å². The van der Waals surface area contributed by atoms with Crippen LogP contribution in [-0.2, 0) is 14.3 Å². The van der Waals surface area contributed by atoms with Crippen molar-refractivity contribution in [2.24, 2.45) is 5.92 Å². The molecule has 1 aliphatic heterocycles. The Morgan fingerprint density at radius 2 is 1.75 bits per heavy atom. The van der Waals surface area contributed by atoms with Crippen LogP contribution in [0.25, 0.3) is 0 Å². The Balaban J connectivity index is 1.77. The number of ether oxygens (including phenoxy) is 3. The van der Waals surface area contributed by atoms with Gasteiger partial charge in [-0.1, -0.05) is 24.8 Å². The Bertz CT molecular complexity index is 1250. The summed E-state index contributed by atoms with van der Waals surface area (Å²) in [5.74, 6) is -1.04. The molecule has 36 heavy (non-hydrogen) atoms. The molecule has 0 radical (unpaired) electrons. The highest BCUT2D eigenvalue weighted by molar-refractivity contribution is 6.01. The maximum atomic E-state index is 13.6. The van der Waals surface area contributed by atoms with Gasteiger partial charge in [0.1, 0.15) is 5.92 Å². The fourth-order valence-electron chi connectivity index (χ4n) is 5.06. The number of hydrogen-bond acceptors (Lipinski definition) is 8. The summed E-state index contributed by atoms with van der Waals surface area (Å²) in [4.78, 5) is 37.3. The summed E-state index contributed by atoms with van der Waals surface area (Å²) in [7, 11) is 3.12. The molecule has 2 aromatic rings.